The molecule has 2 N–H and O–H groups in total. The molecule has 1 heterocycles. The topological polar surface area (TPSA) is 75.9 Å². The average Bonchev–Trinajstić information content (AvgIpc) is 2.86. The lowest BCUT2D eigenvalue weighted by atomic mass is 10.1. The van der Waals surface area contributed by atoms with Crippen molar-refractivity contribution in [2.45, 2.75) is 25.9 Å². The first-order valence-corrected chi connectivity index (χ1v) is 5.81. The Morgan fingerprint density at radius 3 is 2.67 bits per heavy atom. The predicted molar refractivity (Wildman–Crippen MR) is 67.2 cm³/mol. The van der Waals surface area contributed by atoms with Gasteiger partial charge in [0.05, 0.1) is 18.8 Å². The number of tetrazole rings is 1. The van der Waals surface area contributed by atoms with Crippen molar-refractivity contribution in [1.82, 2.24) is 25.5 Å². The van der Waals surface area contributed by atoms with Crippen LogP contribution in [0.3, 0.4) is 0 Å². The van der Waals surface area contributed by atoms with E-state index >= 15 is 0 Å². The molecule has 0 amide bonds. The number of benzene rings is 1. The molecule has 0 atom stereocenters. The van der Waals surface area contributed by atoms with E-state index in [2.05, 4.69) is 20.8 Å². The normalized spacial score (nSPS) is 11.7. The number of aliphatic hydroxyl groups excluding tert-OH is 1. The Kier molecular flexibility index (Phi) is 3.69. The first kappa shape index (κ1) is 12.7. The third kappa shape index (κ3) is 2.91. The van der Waals surface area contributed by atoms with Crippen LogP contribution in [0.5, 0.6) is 0 Å². The van der Waals surface area contributed by atoms with Gasteiger partial charge in [-0.15, -0.1) is 5.10 Å². The van der Waals surface area contributed by atoms with E-state index < -0.39 is 0 Å². The number of nitrogens with one attached hydrogen (secondary N) is 1. The molecule has 0 fully saturated rings. The van der Waals surface area contributed by atoms with Gasteiger partial charge in [-0.25, -0.2) is 0 Å². The molecule has 0 spiro atoms. The monoisotopic (exact) mass is 247 g/mol. The van der Waals surface area contributed by atoms with Gasteiger partial charge in [-0.1, -0.05) is 18.2 Å². The molecule has 96 valence electrons. The van der Waals surface area contributed by atoms with Gasteiger partial charge >= 0.3 is 0 Å². The lowest BCUT2D eigenvalue weighted by Gasteiger charge is -2.22. The fourth-order valence-corrected chi connectivity index (χ4v) is 1.46. The quantitative estimate of drug-likeness (QED) is 0.805. The van der Waals surface area contributed by atoms with Crippen molar-refractivity contribution < 1.29 is 5.11 Å². The minimum absolute atomic E-state index is 0.0555. The summed E-state index contributed by atoms with van der Waals surface area (Å²) in [5.41, 5.74) is 0.564. The maximum Gasteiger partial charge on any atom is 0.170 e. The molecular weight excluding hydrogens is 230 g/mol. The number of hydrogen-bond donors (Lipinski definition) is 2. The molecule has 0 saturated carbocycles. The minimum Gasteiger partial charge on any atom is -0.394 e. The Bertz CT molecular complexity index is 494. The summed E-state index contributed by atoms with van der Waals surface area (Å²) in [4.78, 5) is 0. The second-order valence-corrected chi connectivity index (χ2v) is 4.74. The zero-order chi connectivity index (χ0) is 13.0. The fourth-order valence-electron chi connectivity index (χ4n) is 1.46. The summed E-state index contributed by atoms with van der Waals surface area (Å²) in [6, 6.07) is 9.70. The van der Waals surface area contributed by atoms with E-state index in [0.717, 1.165) is 5.69 Å². The summed E-state index contributed by atoms with van der Waals surface area (Å²) in [5.74, 6) is 0.711. The van der Waals surface area contributed by atoms with Gasteiger partial charge in [-0.05, 0) is 36.4 Å². The van der Waals surface area contributed by atoms with Crippen LogP contribution in [0, 0.1) is 0 Å². The van der Waals surface area contributed by atoms with Crippen molar-refractivity contribution in [1.29, 1.82) is 0 Å². The van der Waals surface area contributed by atoms with Gasteiger partial charge in [0.1, 0.15) is 0 Å². The minimum atomic E-state index is -0.354. The molecule has 1 aromatic heterocycles. The number of aromatic nitrogens is 4. The van der Waals surface area contributed by atoms with Gasteiger partial charge in [-0.2, -0.15) is 4.68 Å². The van der Waals surface area contributed by atoms with Gasteiger partial charge in [-0.3, -0.25) is 0 Å². The molecule has 0 unspecified atom stereocenters. The summed E-state index contributed by atoms with van der Waals surface area (Å²) in [5, 5.41) is 24.0. The highest BCUT2D eigenvalue weighted by atomic mass is 16.3. The van der Waals surface area contributed by atoms with Gasteiger partial charge in [0.25, 0.3) is 0 Å². The third-order valence-corrected chi connectivity index (χ3v) is 2.66. The average molecular weight is 247 g/mol. The van der Waals surface area contributed by atoms with Crippen LogP contribution >= 0.6 is 0 Å². The second kappa shape index (κ2) is 5.24. The second-order valence-electron chi connectivity index (χ2n) is 4.74. The third-order valence-electron chi connectivity index (χ3n) is 2.66. The fraction of sp³-hybridized carbons (Fsp3) is 0.417. The first-order chi connectivity index (χ1) is 8.62. The van der Waals surface area contributed by atoms with Crippen molar-refractivity contribution in [2.24, 2.45) is 0 Å². The van der Waals surface area contributed by atoms with Crippen molar-refractivity contribution >= 4 is 0 Å². The van der Waals surface area contributed by atoms with Gasteiger partial charge < -0.3 is 10.4 Å². The SMILES string of the molecule is CC(C)(CO)NCc1nnnn1-c1ccccc1. The van der Waals surface area contributed by atoms with Crippen LogP contribution in [0.15, 0.2) is 30.3 Å². The first-order valence-electron chi connectivity index (χ1n) is 5.81. The van der Waals surface area contributed by atoms with Crippen molar-refractivity contribution in [3.05, 3.63) is 36.2 Å². The van der Waals surface area contributed by atoms with Crippen LogP contribution in [0.4, 0.5) is 0 Å². The van der Waals surface area contributed by atoms with Crippen LogP contribution in [0.2, 0.25) is 0 Å². The molecule has 0 radical (unpaired) electrons. The Morgan fingerprint density at radius 1 is 1.28 bits per heavy atom. The molecule has 2 aromatic rings. The lowest BCUT2D eigenvalue weighted by Crippen LogP contribution is -2.42. The van der Waals surface area contributed by atoms with Gasteiger partial charge in [0, 0.05) is 5.54 Å². The zero-order valence-electron chi connectivity index (χ0n) is 10.5. The van der Waals surface area contributed by atoms with E-state index in [1.807, 2.05) is 44.2 Å². The van der Waals surface area contributed by atoms with Crippen molar-refractivity contribution in [3.8, 4) is 5.69 Å². The molecule has 0 aliphatic rings. The summed E-state index contributed by atoms with van der Waals surface area (Å²) < 4.78 is 1.68. The van der Waals surface area contributed by atoms with Crippen LogP contribution in [0.25, 0.3) is 5.69 Å². The molecule has 6 heteroatoms. The van der Waals surface area contributed by atoms with Crippen LogP contribution in [-0.2, 0) is 6.54 Å². The van der Waals surface area contributed by atoms with E-state index in [4.69, 9.17) is 0 Å². The maximum absolute atomic E-state index is 9.19. The van der Waals surface area contributed by atoms with E-state index in [0.29, 0.717) is 12.4 Å². The maximum atomic E-state index is 9.19. The Labute approximate surface area is 106 Å². The summed E-state index contributed by atoms with van der Waals surface area (Å²) in [6.45, 7) is 4.39. The Morgan fingerprint density at radius 2 is 2.00 bits per heavy atom. The number of nitrogens with zero attached hydrogens (tertiary/aromatic N) is 4. The highest BCUT2D eigenvalue weighted by molar-refractivity contribution is 5.30. The smallest absolute Gasteiger partial charge is 0.170 e. The Balaban J connectivity index is 2.14. The highest BCUT2D eigenvalue weighted by Crippen LogP contribution is 2.08. The zero-order valence-corrected chi connectivity index (χ0v) is 10.5. The molecule has 1 aromatic carbocycles. The summed E-state index contributed by atoms with van der Waals surface area (Å²) >= 11 is 0. The molecular formula is C12H17N5O. The molecule has 0 aliphatic carbocycles. The molecule has 0 saturated heterocycles. The molecule has 0 aliphatic heterocycles. The largest absolute Gasteiger partial charge is 0.394 e. The number of hydrogen-bond acceptors (Lipinski definition) is 5. The van der Waals surface area contributed by atoms with E-state index in [-0.39, 0.29) is 12.1 Å². The lowest BCUT2D eigenvalue weighted by molar-refractivity contribution is 0.186. The van der Waals surface area contributed by atoms with E-state index in [9.17, 15) is 5.11 Å². The molecule has 0 bridgehead atoms. The number of aliphatic hydroxyl groups is 1. The standard InChI is InChI=1S/C12H17N5O/c1-12(2,9-18)13-8-11-14-15-16-17(11)10-6-4-3-5-7-10/h3-7,13,18H,8-9H2,1-2H3. The molecule has 2 rings (SSSR count). The predicted octanol–water partition coefficient (Wildman–Crippen LogP) is 0.523. The molecule has 6 nitrogen and oxygen atoms in total. The summed E-state index contributed by atoms with van der Waals surface area (Å²) in [7, 11) is 0. The summed E-state index contributed by atoms with van der Waals surface area (Å²) in [6.07, 6.45) is 0. The number of para-hydroxylation sites is 1. The van der Waals surface area contributed by atoms with Crippen LogP contribution < -0.4 is 5.32 Å². The van der Waals surface area contributed by atoms with Crippen LogP contribution in [-0.4, -0.2) is 37.5 Å². The molecule has 18 heavy (non-hydrogen) atoms. The van der Waals surface area contributed by atoms with Gasteiger partial charge in [0.2, 0.25) is 0 Å². The van der Waals surface area contributed by atoms with Gasteiger partial charge in [0.15, 0.2) is 5.82 Å². The van der Waals surface area contributed by atoms with E-state index in [1.54, 1.807) is 4.68 Å². The van der Waals surface area contributed by atoms with E-state index in [1.165, 1.54) is 0 Å². The number of rotatable bonds is 5. The Hall–Kier alpha value is -1.79. The highest BCUT2D eigenvalue weighted by Gasteiger charge is 2.17. The van der Waals surface area contributed by atoms with Crippen molar-refractivity contribution in [3.63, 3.8) is 0 Å². The van der Waals surface area contributed by atoms with Crippen molar-refractivity contribution in [2.75, 3.05) is 6.61 Å². The van der Waals surface area contributed by atoms with Crippen LogP contribution in [0.1, 0.15) is 19.7 Å².